The van der Waals surface area contributed by atoms with Gasteiger partial charge in [-0.1, -0.05) is 17.9 Å². The number of aliphatic hydroxyl groups is 1. The minimum Gasteiger partial charge on any atom is -0.506 e. The van der Waals surface area contributed by atoms with Gasteiger partial charge in [0.05, 0.1) is 11.8 Å². The Morgan fingerprint density at radius 3 is 2.90 bits per heavy atom. The summed E-state index contributed by atoms with van der Waals surface area (Å²) < 4.78 is 0. The molecular formula is C15H12N2O3. The van der Waals surface area contributed by atoms with Crippen LogP contribution in [0.1, 0.15) is 15.9 Å². The molecule has 2 rings (SSSR count). The van der Waals surface area contributed by atoms with Crippen LogP contribution in [0.25, 0.3) is 0 Å². The first-order chi connectivity index (χ1) is 9.69. The number of anilines is 1. The van der Waals surface area contributed by atoms with Crippen molar-refractivity contribution in [1.82, 2.24) is 4.98 Å². The molecule has 3 N–H and O–H groups in total. The molecule has 0 unspecified atom stereocenters. The van der Waals surface area contributed by atoms with Crippen LogP contribution in [0.3, 0.4) is 0 Å². The van der Waals surface area contributed by atoms with Crippen LogP contribution in [-0.4, -0.2) is 27.7 Å². The van der Waals surface area contributed by atoms with Crippen LogP contribution in [0.2, 0.25) is 0 Å². The van der Waals surface area contributed by atoms with Gasteiger partial charge in [-0.15, -0.1) is 0 Å². The van der Waals surface area contributed by atoms with Gasteiger partial charge in [-0.05, 0) is 24.3 Å². The molecular weight excluding hydrogens is 256 g/mol. The summed E-state index contributed by atoms with van der Waals surface area (Å²) >= 11 is 0. The number of hydrogen-bond donors (Lipinski definition) is 3. The van der Waals surface area contributed by atoms with Crippen molar-refractivity contribution >= 4 is 11.6 Å². The lowest BCUT2D eigenvalue weighted by molar-refractivity contribution is 0.102. The highest BCUT2D eigenvalue weighted by Gasteiger charge is 2.07. The highest BCUT2D eigenvalue weighted by atomic mass is 16.3. The lowest BCUT2D eigenvalue weighted by Gasteiger charge is -2.05. The number of aromatic hydroxyl groups is 1. The number of hydrogen-bond acceptors (Lipinski definition) is 4. The van der Waals surface area contributed by atoms with E-state index in [1.165, 1.54) is 18.5 Å². The zero-order valence-corrected chi connectivity index (χ0v) is 10.5. The number of carbonyl (C=O) groups excluding carboxylic acids is 1. The number of carbonyl (C=O) groups is 1. The first-order valence-electron chi connectivity index (χ1n) is 5.84. The molecule has 5 nitrogen and oxygen atoms in total. The Morgan fingerprint density at radius 1 is 1.30 bits per heavy atom. The standard InChI is InChI=1S/C15H12N2O3/c18-6-2-4-11-3-1-5-13(7-11)17-15(20)12-8-14(19)10-16-9-12/h1,3,5,7-10,18-19H,6H2,(H,17,20). The number of rotatable bonds is 2. The molecule has 0 spiro atoms. The van der Waals surface area contributed by atoms with Crippen LogP contribution < -0.4 is 5.32 Å². The average Bonchev–Trinajstić information content (AvgIpc) is 2.45. The number of aliphatic hydroxyl groups excluding tert-OH is 1. The molecule has 0 aliphatic rings. The minimum atomic E-state index is -0.374. The lowest BCUT2D eigenvalue weighted by Crippen LogP contribution is -2.12. The number of pyridine rings is 1. The molecule has 0 aliphatic carbocycles. The van der Waals surface area contributed by atoms with Crippen LogP contribution in [0.5, 0.6) is 5.75 Å². The number of amides is 1. The predicted octanol–water partition coefficient (Wildman–Crippen LogP) is 1.38. The Hall–Kier alpha value is -2.84. The van der Waals surface area contributed by atoms with Gasteiger partial charge in [-0.2, -0.15) is 0 Å². The Balaban J connectivity index is 2.15. The van der Waals surface area contributed by atoms with Gasteiger partial charge < -0.3 is 15.5 Å². The second kappa shape index (κ2) is 6.36. The molecule has 1 amide bonds. The number of nitrogens with zero attached hydrogens (tertiary/aromatic N) is 1. The van der Waals surface area contributed by atoms with Gasteiger partial charge in [-0.3, -0.25) is 9.78 Å². The maximum absolute atomic E-state index is 12.0. The minimum absolute atomic E-state index is 0.0692. The number of benzene rings is 1. The van der Waals surface area contributed by atoms with E-state index in [-0.39, 0.29) is 23.8 Å². The van der Waals surface area contributed by atoms with Crippen molar-refractivity contribution < 1.29 is 15.0 Å². The summed E-state index contributed by atoms with van der Waals surface area (Å²) in [6.45, 7) is -0.217. The monoisotopic (exact) mass is 268 g/mol. The van der Waals surface area contributed by atoms with Crippen molar-refractivity contribution in [2.45, 2.75) is 0 Å². The first-order valence-corrected chi connectivity index (χ1v) is 5.84. The fourth-order valence-electron chi connectivity index (χ4n) is 1.57. The molecule has 2 aromatic rings. The summed E-state index contributed by atoms with van der Waals surface area (Å²) in [5.41, 5.74) is 1.52. The summed E-state index contributed by atoms with van der Waals surface area (Å²) in [6, 6.07) is 8.26. The van der Waals surface area contributed by atoms with E-state index in [9.17, 15) is 9.90 Å². The van der Waals surface area contributed by atoms with E-state index in [1.807, 2.05) is 0 Å². The zero-order valence-electron chi connectivity index (χ0n) is 10.5. The van der Waals surface area contributed by atoms with Crippen molar-refractivity contribution in [3.05, 3.63) is 53.9 Å². The van der Waals surface area contributed by atoms with Crippen molar-refractivity contribution in [3.8, 4) is 17.6 Å². The summed E-state index contributed by atoms with van der Waals surface area (Å²) in [4.78, 5) is 15.7. The third-order valence-electron chi connectivity index (χ3n) is 2.42. The van der Waals surface area contributed by atoms with Crippen molar-refractivity contribution in [2.24, 2.45) is 0 Å². The molecule has 0 aliphatic heterocycles. The quantitative estimate of drug-likeness (QED) is 0.719. The van der Waals surface area contributed by atoms with E-state index < -0.39 is 0 Å². The molecule has 100 valence electrons. The van der Waals surface area contributed by atoms with Crippen LogP contribution in [0.15, 0.2) is 42.7 Å². The summed E-state index contributed by atoms with van der Waals surface area (Å²) in [5, 5.41) is 20.6. The molecule has 0 atom stereocenters. The fourth-order valence-corrected chi connectivity index (χ4v) is 1.57. The van der Waals surface area contributed by atoms with Crippen LogP contribution in [-0.2, 0) is 0 Å². The van der Waals surface area contributed by atoms with Gasteiger partial charge in [-0.25, -0.2) is 0 Å². The number of aromatic nitrogens is 1. The third-order valence-corrected chi connectivity index (χ3v) is 2.42. The molecule has 0 saturated heterocycles. The van der Waals surface area contributed by atoms with E-state index in [0.29, 0.717) is 11.3 Å². The van der Waals surface area contributed by atoms with Crippen molar-refractivity contribution in [1.29, 1.82) is 0 Å². The molecule has 0 saturated carbocycles. The molecule has 20 heavy (non-hydrogen) atoms. The molecule has 1 heterocycles. The summed E-state index contributed by atoms with van der Waals surface area (Å²) in [6.07, 6.45) is 2.62. The maximum atomic E-state index is 12.0. The van der Waals surface area contributed by atoms with Crippen LogP contribution in [0, 0.1) is 11.8 Å². The van der Waals surface area contributed by atoms with Gasteiger partial charge in [0.15, 0.2) is 0 Å². The van der Waals surface area contributed by atoms with E-state index in [2.05, 4.69) is 22.1 Å². The molecule has 0 bridgehead atoms. The predicted molar refractivity (Wildman–Crippen MR) is 74.3 cm³/mol. The highest BCUT2D eigenvalue weighted by molar-refractivity contribution is 6.04. The van der Waals surface area contributed by atoms with Gasteiger partial charge in [0, 0.05) is 17.4 Å². The van der Waals surface area contributed by atoms with Gasteiger partial charge in [0.1, 0.15) is 12.4 Å². The van der Waals surface area contributed by atoms with Crippen LogP contribution >= 0.6 is 0 Å². The van der Waals surface area contributed by atoms with E-state index in [0.717, 1.165) is 0 Å². The Morgan fingerprint density at radius 2 is 2.15 bits per heavy atom. The zero-order chi connectivity index (χ0) is 14.4. The fraction of sp³-hybridized carbons (Fsp3) is 0.0667. The van der Waals surface area contributed by atoms with Gasteiger partial charge >= 0.3 is 0 Å². The molecule has 5 heteroatoms. The molecule has 1 aromatic heterocycles. The summed E-state index contributed by atoms with van der Waals surface area (Å²) in [7, 11) is 0. The van der Waals surface area contributed by atoms with Crippen molar-refractivity contribution in [2.75, 3.05) is 11.9 Å². The second-order valence-electron chi connectivity index (χ2n) is 3.93. The third kappa shape index (κ3) is 3.57. The SMILES string of the molecule is O=C(Nc1cccc(C#CCO)c1)c1cncc(O)c1. The summed E-state index contributed by atoms with van der Waals surface area (Å²) in [5.74, 6) is 4.84. The Bertz CT molecular complexity index is 687. The molecule has 1 aromatic carbocycles. The Labute approximate surface area is 115 Å². The number of nitrogens with one attached hydrogen (secondary N) is 1. The van der Waals surface area contributed by atoms with Crippen LogP contribution in [0.4, 0.5) is 5.69 Å². The topological polar surface area (TPSA) is 82.5 Å². The first kappa shape index (κ1) is 13.6. The van der Waals surface area contributed by atoms with E-state index >= 15 is 0 Å². The molecule has 0 radical (unpaired) electrons. The maximum Gasteiger partial charge on any atom is 0.257 e. The smallest absolute Gasteiger partial charge is 0.257 e. The lowest BCUT2D eigenvalue weighted by atomic mass is 10.2. The average molecular weight is 268 g/mol. The van der Waals surface area contributed by atoms with Gasteiger partial charge in [0.2, 0.25) is 0 Å². The van der Waals surface area contributed by atoms with E-state index in [1.54, 1.807) is 24.3 Å². The molecule has 0 fully saturated rings. The highest BCUT2D eigenvalue weighted by Crippen LogP contribution is 2.13. The van der Waals surface area contributed by atoms with Crippen molar-refractivity contribution in [3.63, 3.8) is 0 Å². The van der Waals surface area contributed by atoms with E-state index in [4.69, 9.17) is 5.11 Å². The largest absolute Gasteiger partial charge is 0.506 e. The Kier molecular flexibility index (Phi) is 4.32. The second-order valence-corrected chi connectivity index (χ2v) is 3.93. The normalized spacial score (nSPS) is 9.45. The van der Waals surface area contributed by atoms with Gasteiger partial charge in [0.25, 0.3) is 5.91 Å².